The predicted molar refractivity (Wildman–Crippen MR) is 107 cm³/mol. The van der Waals surface area contributed by atoms with Crippen LogP contribution in [0.2, 0.25) is 0 Å². The zero-order valence-electron chi connectivity index (χ0n) is 16.4. The summed E-state index contributed by atoms with van der Waals surface area (Å²) in [6, 6.07) is 6.15. The van der Waals surface area contributed by atoms with Gasteiger partial charge in [-0.25, -0.2) is 12.8 Å². The van der Waals surface area contributed by atoms with Crippen molar-refractivity contribution >= 4 is 28.1 Å². The lowest BCUT2D eigenvalue weighted by Gasteiger charge is -2.31. The summed E-state index contributed by atoms with van der Waals surface area (Å²) in [5.41, 5.74) is 0.525. The van der Waals surface area contributed by atoms with E-state index in [-0.39, 0.29) is 28.8 Å². The smallest absolute Gasteiger partial charge is 0.248 e. The Labute approximate surface area is 169 Å². The van der Waals surface area contributed by atoms with E-state index in [0.29, 0.717) is 31.5 Å². The third-order valence-corrected chi connectivity index (χ3v) is 6.88. The number of piperidine rings is 1. The molecule has 7 nitrogen and oxygen atoms in total. The first-order valence-electron chi connectivity index (χ1n) is 9.51. The fraction of sp³-hybridized carbons (Fsp3) is 0.400. The number of aromatic nitrogens is 1. The zero-order valence-corrected chi connectivity index (χ0v) is 17.2. The van der Waals surface area contributed by atoms with Crippen LogP contribution in [0.15, 0.2) is 33.7 Å². The van der Waals surface area contributed by atoms with E-state index in [1.165, 1.54) is 22.5 Å². The van der Waals surface area contributed by atoms with Gasteiger partial charge in [-0.1, -0.05) is 23.4 Å². The highest BCUT2D eigenvalue weighted by Gasteiger charge is 2.36. The van der Waals surface area contributed by atoms with Crippen LogP contribution >= 0.6 is 0 Å². The van der Waals surface area contributed by atoms with Gasteiger partial charge in [0.15, 0.2) is 10.7 Å². The zero-order chi connectivity index (χ0) is 21.0. The molecule has 0 saturated carbocycles. The first-order chi connectivity index (χ1) is 13.8. The van der Waals surface area contributed by atoms with Crippen molar-refractivity contribution in [2.24, 2.45) is 5.92 Å². The molecule has 0 radical (unpaired) electrons. The normalized spacial score (nSPS) is 18.2. The molecule has 2 aromatic rings. The van der Waals surface area contributed by atoms with Crippen LogP contribution in [0.5, 0.6) is 0 Å². The summed E-state index contributed by atoms with van der Waals surface area (Å²) in [5, 5.41) is 6.54. The van der Waals surface area contributed by atoms with Gasteiger partial charge in [-0.2, -0.15) is 4.31 Å². The van der Waals surface area contributed by atoms with Gasteiger partial charge in [-0.15, -0.1) is 0 Å². The number of halogens is 1. The van der Waals surface area contributed by atoms with Gasteiger partial charge in [0.05, 0.1) is 5.92 Å². The molecule has 1 aromatic carbocycles. The molecule has 1 aliphatic rings. The van der Waals surface area contributed by atoms with Gasteiger partial charge in [0.1, 0.15) is 11.5 Å². The molecule has 156 valence electrons. The number of carbonyl (C=O) groups excluding carboxylic acids is 1. The Kier molecular flexibility index (Phi) is 6.49. The lowest BCUT2D eigenvalue weighted by molar-refractivity contribution is -0.125. The van der Waals surface area contributed by atoms with Crippen molar-refractivity contribution in [3.8, 4) is 0 Å². The van der Waals surface area contributed by atoms with Gasteiger partial charge >= 0.3 is 0 Å². The van der Waals surface area contributed by atoms with E-state index >= 15 is 0 Å². The van der Waals surface area contributed by atoms with Gasteiger partial charge in [-0.05, 0) is 44.9 Å². The van der Waals surface area contributed by atoms with Crippen LogP contribution in [-0.4, -0.2) is 43.4 Å². The Morgan fingerprint density at radius 3 is 2.86 bits per heavy atom. The molecule has 1 aromatic heterocycles. The van der Waals surface area contributed by atoms with Crippen molar-refractivity contribution < 1.29 is 22.1 Å². The van der Waals surface area contributed by atoms with Crippen molar-refractivity contribution in [2.45, 2.75) is 31.6 Å². The first-order valence-corrected chi connectivity index (χ1v) is 10.9. The second-order valence-electron chi connectivity index (χ2n) is 6.91. The average Bonchev–Trinajstić information content (AvgIpc) is 3.09. The Balaban J connectivity index is 1.89. The van der Waals surface area contributed by atoms with Crippen molar-refractivity contribution in [1.29, 1.82) is 0 Å². The van der Waals surface area contributed by atoms with Gasteiger partial charge in [0.25, 0.3) is 0 Å². The number of nitrogens with one attached hydrogen (secondary N) is 1. The summed E-state index contributed by atoms with van der Waals surface area (Å²) >= 11 is 0. The lowest BCUT2D eigenvalue weighted by Crippen LogP contribution is -2.45. The molecule has 3 rings (SSSR count). The Bertz CT molecular complexity index is 1020. The third-order valence-electron chi connectivity index (χ3n) is 4.86. The number of aryl methyl sites for hydroxylation is 1. The second-order valence-corrected chi connectivity index (χ2v) is 8.79. The maximum atomic E-state index is 13.8. The number of hydrogen-bond acceptors (Lipinski definition) is 5. The fourth-order valence-corrected chi connectivity index (χ4v) is 5.17. The highest BCUT2D eigenvalue weighted by molar-refractivity contribution is 7.89. The molecule has 2 heterocycles. The molecule has 1 atom stereocenters. The SMILES string of the molecule is CCNC(=O)[C@@H]1CCCN(S(=O)(=O)c2c(C)noc2/C=C/c2ccccc2F)C1. The summed E-state index contributed by atoms with van der Waals surface area (Å²) < 4.78 is 46.9. The van der Waals surface area contributed by atoms with Crippen LogP contribution in [0, 0.1) is 18.7 Å². The molecule has 1 aliphatic heterocycles. The molecule has 29 heavy (non-hydrogen) atoms. The largest absolute Gasteiger partial charge is 0.356 e. The number of sulfonamides is 1. The third kappa shape index (κ3) is 4.56. The minimum Gasteiger partial charge on any atom is -0.356 e. The number of rotatable bonds is 6. The Morgan fingerprint density at radius 2 is 2.14 bits per heavy atom. The Morgan fingerprint density at radius 1 is 1.38 bits per heavy atom. The van der Waals surface area contributed by atoms with Gasteiger partial charge in [0.2, 0.25) is 15.9 Å². The molecular weight excluding hydrogens is 397 g/mol. The van der Waals surface area contributed by atoms with E-state index in [2.05, 4.69) is 10.5 Å². The van der Waals surface area contributed by atoms with Crippen molar-refractivity contribution in [3.05, 3.63) is 47.1 Å². The molecule has 0 bridgehead atoms. The monoisotopic (exact) mass is 421 g/mol. The van der Waals surface area contributed by atoms with E-state index in [4.69, 9.17) is 4.52 Å². The van der Waals surface area contributed by atoms with Crippen molar-refractivity contribution in [3.63, 3.8) is 0 Å². The van der Waals surface area contributed by atoms with Crippen molar-refractivity contribution in [2.75, 3.05) is 19.6 Å². The molecule has 9 heteroatoms. The summed E-state index contributed by atoms with van der Waals surface area (Å²) in [5.74, 6) is -0.929. The maximum Gasteiger partial charge on any atom is 0.248 e. The van der Waals surface area contributed by atoms with Gasteiger partial charge in [-0.3, -0.25) is 4.79 Å². The van der Waals surface area contributed by atoms with E-state index in [1.54, 1.807) is 25.1 Å². The highest BCUT2D eigenvalue weighted by atomic mass is 32.2. The standard InChI is InChI=1S/C20H24FN3O4S/c1-3-22-20(25)16-8-6-12-24(13-16)29(26,27)19-14(2)23-28-18(19)11-10-15-7-4-5-9-17(15)21/h4-5,7,9-11,16H,3,6,8,12-13H2,1-2H3,(H,22,25)/b11-10+/t16-/m1/s1. The van der Waals surface area contributed by atoms with Crippen LogP contribution in [0.25, 0.3) is 12.2 Å². The molecular formula is C20H24FN3O4S. The minimum atomic E-state index is -3.92. The van der Waals surface area contributed by atoms with Crippen LogP contribution in [0.4, 0.5) is 4.39 Å². The van der Waals surface area contributed by atoms with Gasteiger partial charge in [0, 0.05) is 25.2 Å². The molecule has 0 aliphatic carbocycles. The number of nitrogens with zero attached hydrogens (tertiary/aromatic N) is 2. The molecule has 1 saturated heterocycles. The quantitative estimate of drug-likeness (QED) is 0.774. The Hall–Kier alpha value is -2.52. The van der Waals surface area contributed by atoms with Crippen LogP contribution in [0.1, 0.15) is 36.8 Å². The minimum absolute atomic E-state index is 0.0332. The van der Waals surface area contributed by atoms with Crippen LogP contribution in [0.3, 0.4) is 0 Å². The predicted octanol–water partition coefficient (Wildman–Crippen LogP) is 2.83. The molecule has 1 amide bonds. The average molecular weight is 421 g/mol. The van der Waals surface area contributed by atoms with Crippen LogP contribution < -0.4 is 5.32 Å². The van der Waals surface area contributed by atoms with E-state index < -0.39 is 21.8 Å². The van der Waals surface area contributed by atoms with E-state index in [0.717, 1.165) is 0 Å². The molecule has 1 fully saturated rings. The first kappa shape index (κ1) is 21.2. The molecule has 0 unspecified atom stereocenters. The van der Waals surface area contributed by atoms with Crippen molar-refractivity contribution in [1.82, 2.24) is 14.8 Å². The second kappa shape index (κ2) is 8.87. The summed E-state index contributed by atoms with van der Waals surface area (Å²) in [6.07, 6.45) is 4.07. The number of benzene rings is 1. The summed E-state index contributed by atoms with van der Waals surface area (Å²) in [7, 11) is -3.92. The molecule has 1 N–H and O–H groups in total. The highest BCUT2D eigenvalue weighted by Crippen LogP contribution is 2.29. The van der Waals surface area contributed by atoms with E-state index in [1.807, 2.05) is 6.92 Å². The maximum absolute atomic E-state index is 13.8. The fourth-order valence-electron chi connectivity index (χ4n) is 3.40. The van der Waals surface area contributed by atoms with E-state index in [9.17, 15) is 17.6 Å². The molecule has 0 spiro atoms. The number of hydrogen-bond donors (Lipinski definition) is 1. The number of amides is 1. The van der Waals surface area contributed by atoms with Crippen LogP contribution in [-0.2, 0) is 14.8 Å². The van der Waals surface area contributed by atoms with Gasteiger partial charge < -0.3 is 9.84 Å². The topological polar surface area (TPSA) is 92.5 Å². The summed E-state index contributed by atoms with van der Waals surface area (Å²) in [4.78, 5) is 12.1. The lowest BCUT2D eigenvalue weighted by atomic mass is 9.99. The number of carbonyl (C=O) groups is 1. The summed E-state index contributed by atoms with van der Waals surface area (Å²) in [6.45, 7) is 4.29.